The van der Waals surface area contributed by atoms with Crippen LogP contribution in [0.1, 0.15) is 44.6 Å². The fourth-order valence-corrected chi connectivity index (χ4v) is 3.42. The van der Waals surface area contributed by atoms with Gasteiger partial charge >= 0.3 is 0 Å². The van der Waals surface area contributed by atoms with Crippen LogP contribution in [-0.4, -0.2) is 0 Å². The van der Waals surface area contributed by atoms with E-state index in [0.717, 1.165) is 25.7 Å². The Labute approximate surface area is 111 Å². The lowest BCUT2D eigenvalue weighted by Crippen LogP contribution is -2.46. The van der Waals surface area contributed by atoms with Crippen LogP contribution >= 0.6 is 15.9 Å². The van der Waals surface area contributed by atoms with Crippen LogP contribution in [-0.2, 0) is 5.54 Å². The molecule has 0 spiro atoms. The zero-order chi connectivity index (χ0) is 12.5. The average molecular weight is 300 g/mol. The molecule has 1 fully saturated rings. The van der Waals surface area contributed by atoms with Gasteiger partial charge in [0.15, 0.2) is 0 Å². The van der Waals surface area contributed by atoms with Crippen LogP contribution in [0.15, 0.2) is 22.7 Å². The van der Waals surface area contributed by atoms with E-state index < -0.39 is 5.54 Å². The number of rotatable bonds is 2. The lowest BCUT2D eigenvalue weighted by Gasteiger charge is -2.41. The van der Waals surface area contributed by atoms with Gasteiger partial charge < -0.3 is 5.73 Å². The van der Waals surface area contributed by atoms with E-state index in [1.165, 1.54) is 6.42 Å². The summed E-state index contributed by atoms with van der Waals surface area (Å²) >= 11 is 3.25. The molecule has 2 unspecified atom stereocenters. The molecule has 0 saturated heterocycles. The van der Waals surface area contributed by atoms with Crippen LogP contribution in [0.3, 0.4) is 0 Å². The largest absolute Gasteiger partial charge is 0.321 e. The van der Waals surface area contributed by atoms with Gasteiger partial charge in [0.2, 0.25) is 0 Å². The SMILES string of the molecule is CCC1CCCCC1(N)c1cccc(Br)c1F. The summed E-state index contributed by atoms with van der Waals surface area (Å²) in [6.07, 6.45) is 5.33. The Morgan fingerprint density at radius 2 is 2.24 bits per heavy atom. The van der Waals surface area contributed by atoms with Crippen molar-refractivity contribution in [2.75, 3.05) is 0 Å². The molecule has 3 heteroatoms. The van der Waals surface area contributed by atoms with Gasteiger partial charge in [-0.05, 0) is 40.8 Å². The molecule has 1 aliphatic rings. The van der Waals surface area contributed by atoms with Gasteiger partial charge in [0, 0.05) is 11.1 Å². The standard InChI is InChI=1S/C14H19BrFN/c1-2-10-6-3-4-9-14(10,17)11-7-5-8-12(15)13(11)16/h5,7-8,10H,2-4,6,9,17H2,1H3. The Morgan fingerprint density at radius 3 is 2.94 bits per heavy atom. The van der Waals surface area contributed by atoms with Gasteiger partial charge in [0.1, 0.15) is 5.82 Å². The van der Waals surface area contributed by atoms with Crippen LogP contribution in [0.2, 0.25) is 0 Å². The van der Waals surface area contributed by atoms with Gasteiger partial charge in [-0.25, -0.2) is 4.39 Å². The van der Waals surface area contributed by atoms with E-state index in [1.54, 1.807) is 6.07 Å². The Kier molecular flexibility index (Phi) is 3.88. The number of halogens is 2. The number of nitrogens with two attached hydrogens (primary N) is 1. The quantitative estimate of drug-likeness (QED) is 0.863. The maximum atomic E-state index is 14.2. The van der Waals surface area contributed by atoms with Crippen molar-refractivity contribution in [2.24, 2.45) is 11.7 Å². The van der Waals surface area contributed by atoms with E-state index in [-0.39, 0.29) is 5.82 Å². The lowest BCUT2D eigenvalue weighted by atomic mass is 9.68. The monoisotopic (exact) mass is 299 g/mol. The smallest absolute Gasteiger partial charge is 0.142 e. The highest BCUT2D eigenvalue weighted by atomic mass is 79.9. The molecule has 0 aliphatic heterocycles. The molecule has 2 atom stereocenters. The summed E-state index contributed by atoms with van der Waals surface area (Å²) in [4.78, 5) is 0. The Morgan fingerprint density at radius 1 is 1.47 bits per heavy atom. The van der Waals surface area contributed by atoms with Crippen LogP contribution in [0.4, 0.5) is 4.39 Å². The minimum absolute atomic E-state index is 0.185. The molecule has 1 nitrogen and oxygen atoms in total. The maximum absolute atomic E-state index is 14.2. The summed E-state index contributed by atoms with van der Waals surface area (Å²) in [7, 11) is 0. The maximum Gasteiger partial charge on any atom is 0.142 e. The Hall–Kier alpha value is -0.410. The van der Waals surface area contributed by atoms with Crippen LogP contribution < -0.4 is 5.73 Å². The third-order valence-electron chi connectivity index (χ3n) is 4.07. The summed E-state index contributed by atoms with van der Waals surface area (Å²) in [5, 5.41) is 0. The Bertz CT molecular complexity index is 407. The third kappa shape index (κ3) is 2.27. The molecule has 1 aliphatic carbocycles. The molecule has 2 N–H and O–H groups in total. The molecule has 2 rings (SSSR count). The van der Waals surface area contributed by atoms with Gasteiger partial charge in [0.05, 0.1) is 4.47 Å². The molecule has 0 bridgehead atoms. The van der Waals surface area contributed by atoms with E-state index >= 15 is 0 Å². The number of benzene rings is 1. The average Bonchev–Trinajstić information content (AvgIpc) is 2.33. The third-order valence-corrected chi connectivity index (χ3v) is 4.68. The van der Waals surface area contributed by atoms with E-state index in [0.29, 0.717) is 16.0 Å². The van der Waals surface area contributed by atoms with E-state index in [4.69, 9.17) is 5.73 Å². The molecule has 1 aromatic carbocycles. The minimum Gasteiger partial charge on any atom is -0.321 e. The predicted molar refractivity (Wildman–Crippen MR) is 72.2 cm³/mol. The molecular weight excluding hydrogens is 281 g/mol. The summed E-state index contributed by atoms with van der Waals surface area (Å²) in [5.74, 6) is 0.204. The second-order valence-corrected chi connectivity index (χ2v) is 5.85. The second kappa shape index (κ2) is 5.07. The molecule has 0 amide bonds. The van der Waals surface area contributed by atoms with Gasteiger partial charge in [-0.3, -0.25) is 0 Å². The zero-order valence-electron chi connectivity index (χ0n) is 10.2. The van der Waals surface area contributed by atoms with Crippen LogP contribution in [0, 0.1) is 11.7 Å². The highest BCUT2D eigenvalue weighted by Gasteiger charge is 2.39. The number of hydrogen-bond acceptors (Lipinski definition) is 1. The van der Waals surface area contributed by atoms with E-state index in [1.807, 2.05) is 12.1 Å². The molecular formula is C14H19BrFN. The second-order valence-electron chi connectivity index (χ2n) is 4.99. The van der Waals surface area contributed by atoms with Crippen LogP contribution in [0.25, 0.3) is 0 Å². The number of hydrogen-bond donors (Lipinski definition) is 1. The topological polar surface area (TPSA) is 26.0 Å². The van der Waals surface area contributed by atoms with Gasteiger partial charge in [-0.1, -0.05) is 38.3 Å². The van der Waals surface area contributed by atoms with Crippen molar-refractivity contribution >= 4 is 15.9 Å². The van der Waals surface area contributed by atoms with E-state index in [2.05, 4.69) is 22.9 Å². The zero-order valence-corrected chi connectivity index (χ0v) is 11.8. The van der Waals surface area contributed by atoms with Crippen molar-refractivity contribution in [3.05, 3.63) is 34.1 Å². The summed E-state index contributed by atoms with van der Waals surface area (Å²) < 4.78 is 14.7. The van der Waals surface area contributed by atoms with Gasteiger partial charge in [-0.15, -0.1) is 0 Å². The highest BCUT2D eigenvalue weighted by molar-refractivity contribution is 9.10. The molecule has 0 aromatic heterocycles. The van der Waals surface area contributed by atoms with Crippen LogP contribution in [0.5, 0.6) is 0 Å². The van der Waals surface area contributed by atoms with Gasteiger partial charge in [0.25, 0.3) is 0 Å². The summed E-state index contributed by atoms with van der Waals surface area (Å²) in [6, 6.07) is 5.44. The van der Waals surface area contributed by atoms with Crippen molar-refractivity contribution < 1.29 is 4.39 Å². The normalized spacial score (nSPS) is 29.3. The fraction of sp³-hybridized carbons (Fsp3) is 0.571. The first-order valence-corrected chi connectivity index (χ1v) is 7.12. The van der Waals surface area contributed by atoms with Gasteiger partial charge in [-0.2, -0.15) is 0 Å². The fourth-order valence-electron chi connectivity index (χ4n) is 3.06. The summed E-state index contributed by atoms with van der Waals surface area (Å²) in [5.41, 5.74) is 6.74. The first-order valence-electron chi connectivity index (χ1n) is 6.33. The van der Waals surface area contributed by atoms with Crippen molar-refractivity contribution in [3.8, 4) is 0 Å². The molecule has 1 aromatic rings. The first kappa shape index (κ1) is 13.0. The van der Waals surface area contributed by atoms with Crippen molar-refractivity contribution in [3.63, 3.8) is 0 Å². The molecule has 0 radical (unpaired) electrons. The lowest BCUT2D eigenvalue weighted by molar-refractivity contribution is 0.179. The van der Waals surface area contributed by atoms with Crippen molar-refractivity contribution in [2.45, 2.75) is 44.6 Å². The van der Waals surface area contributed by atoms with Crippen molar-refractivity contribution in [1.29, 1.82) is 0 Å². The van der Waals surface area contributed by atoms with Crippen molar-refractivity contribution in [1.82, 2.24) is 0 Å². The first-order chi connectivity index (χ1) is 8.09. The van der Waals surface area contributed by atoms with E-state index in [9.17, 15) is 4.39 Å². The molecule has 94 valence electrons. The minimum atomic E-state index is -0.485. The molecule has 0 heterocycles. The highest BCUT2D eigenvalue weighted by Crippen LogP contribution is 2.43. The summed E-state index contributed by atoms with van der Waals surface area (Å²) in [6.45, 7) is 2.15. The Balaban J connectivity index is 2.45. The predicted octanol–water partition coefficient (Wildman–Crippen LogP) is 4.34. The molecule has 1 saturated carbocycles. The molecule has 17 heavy (non-hydrogen) atoms.